The summed E-state index contributed by atoms with van der Waals surface area (Å²) in [5.41, 5.74) is -0.570. The zero-order valence-corrected chi connectivity index (χ0v) is 14.0. The van der Waals surface area contributed by atoms with E-state index in [4.69, 9.17) is 4.52 Å². The molecule has 0 bridgehead atoms. The highest BCUT2D eigenvalue weighted by Gasteiger charge is 2.42. The highest BCUT2D eigenvalue weighted by atomic mass is 16.5. The first kappa shape index (κ1) is 16.2. The average molecular weight is 322 g/mol. The number of urea groups is 1. The Kier molecular flexibility index (Phi) is 4.31. The predicted octanol–water partition coefficient (Wildman–Crippen LogP) is 2.10. The zero-order chi connectivity index (χ0) is 16.6. The fourth-order valence-electron chi connectivity index (χ4n) is 2.82. The maximum Gasteiger partial charge on any atom is 0.315 e. The summed E-state index contributed by atoms with van der Waals surface area (Å²) in [6, 6.07) is -0.643. The summed E-state index contributed by atoms with van der Waals surface area (Å²) in [7, 11) is 0. The van der Waals surface area contributed by atoms with Gasteiger partial charge in [-0.15, -0.1) is 0 Å². The van der Waals surface area contributed by atoms with Crippen LogP contribution in [0.2, 0.25) is 0 Å². The second-order valence-corrected chi connectivity index (χ2v) is 7.44. The lowest BCUT2D eigenvalue weighted by molar-refractivity contribution is 0.152. The molecule has 0 saturated heterocycles. The first-order chi connectivity index (χ1) is 10.9. The van der Waals surface area contributed by atoms with Crippen LogP contribution in [0, 0.1) is 11.8 Å². The lowest BCUT2D eigenvalue weighted by atomic mass is 9.97. The molecule has 1 aromatic heterocycles. The number of hydrogen-bond donors (Lipinski definition) is 3. The third kappa shape index (κ3) is 3.65. The fraction of sp³-hybridized carbons (Fsp3) is 0.812. The van der Waals surface area contributed by atoms with E-state index in [0.717, 1.165) is 31.5 Å². The Morgan fingerprint density at radius 1 is 1.39 bits per heavy atom. The number of amides is 2. The summed E-state index contributed by atoms with van der Waals surface area (Å²) < 4.78 is 5.35. The largest absolute Gasteiger partial charge is 0.394 e. The van der Waals surface area contributed by atoms with Crippen LogP contribution in [-0.2, 0) is 0 Å². The number of aliphatic hydroxyl groups is 1. The third-order valence-corrected chi connectivity index (χ3v) is 4.83. The van der Waals surface area contributed by atoms with Crippen molar-refractivity contribution in [3.63, 3.8) is 0 Å². The van der Waals surface area contributed by atoms with E-state index >= 15 is 0 Å². The van der Waals surface area contributed by atoms with Crippen LogP contribution in [0.5, 0.6) is 0 Å². The molecule has 1 heterocycles. The van der Waals surface area contributed by atoms with Crippen molar-refractivity contribution in [1.82, 2.24) is 20.8 Å². The minimum atomic E-state index is -0.570. The van der Waals surface area contributed by atoms with Crippen LogP contribution < -0.4 is 10.6 Å². The van der Waals surface area contributed by atoms with Crippen LogP contribution in [0.4, 0.5) is 4.79 Å². The number of rotatable bonds is 7. The molecule has 0 radical (unpaired) electrons. The number of carbonyl (C=O) groups excluding carboxylic acids is 1. The van der Waals surface area contributed by atoms with Crippen LogP contribution in [0.1, 0.15) is 70.1 Å². The van der Waals surface area contributed by atoms with Gasteiger partial charge >= 0.3 is 6.03 Å². The maximum atomic E-state index is 12.4. The van der Waals surface area contributed by atoms with Crippen molar-refractivity contribution in [2.45, 2.75) is 64.0 Å². The number of nitrogens with zero attached hydrogens (tertiary/aromatic N) is 2. The first-order valence-corrected chi connectivity index (χ1v) is 8.46. The lowest BCUT2D eigenvalue weighted by Gasteiger charge is -2.30. The Bertz CT molecular complexity index is 565. The molecule has 2 unspecified atom stereocenters. The van der Waals surface area contributed by atoms with Crippen LogP contribution in [-0.4, -0.2) is 33.4 Å². The van der Waals surface area contributed by atoms with E-state index in [2.05, 4.69) is 20.8 Å². The van der Waals surface area contributed by atoms with Gasteiger partial charge in [0.05, 0.1) is 12.1 Å². The Hall–Kier alpha value is -1.63. The van der Waals surface area contributed by atoms with Crippen LogP contribution >= 0.6 is 0 Å². The molecule has 2 saturated carbocycles. The van der Waals surface area contributed by atoms with Crippen LogP contribution in [0.15, 0.2) is 4.52 Å². The molecule has 2 aliphatic rings. The first-order valence-electron chi connectivity index (χ1n) is 8.46. The average Bonchev–Trinajstić information content (AvgIpc) is 3.42. The van der Waals surface area contributed by atoms with E-state index in [0.29, 0.717) is 17.7 Å². The summed E-state index contributed by atoms with van der Waals surface area (Å²) in [6.45, 7) is 5.81. The minimum Gasteiger partial charge on any atom is -0.394 e. The molecular formula is C16H26N4O3. The van der Waals surface area contributed by atoms with Crippen molar-refractivity contribution in [2.24, 2.45) is 11.8 Å². The van der Waals surface area contributed by atoms with Gasteiger partial charge in [-0.25, -0.2) is 4.79 Å². The molecule has 2 amide bonds. The van der Waals surface area contributed by atoms with Gasteiger partial charge in [0.2, 0.25) is 5.89 Å². The molecule has 7 heteroatoms. The van der Waals surface area contributed by atoms with Gasteiger partial charge in [0.1, 0.15) is 6.04 Å². The molecule has 7 nitrogen and oxygen atoms in total. The smallest absolute Gasteiger partial charge is 0.315 e. The van der Waals surface area contributed by atoms with E-state index in [1.165, 1.54) is 0 Å². The standard InChI is InChI=1S/C16H26N4O3/c1-9(2)12(14-18-13(20-23-14)10-4-5-10)17-15(22)19-16(3,8-21)11-6-7-11/h9-12,21H,4-8H2,1-3H3,(H2,17,19,22). The number of carbonyl (C=O) groups is 1. The Balaban J connectivity index is 1.65. The molecule has 3 rings (SSSR count). The molecule has 0 spiro atoms. The Morgan fingerprint density at radius 2 is 2.09 bits per heavy atom. The predicted molar refractivity (Wildman–Crippen MR) is 83.7 cm³/mol. The Morgan fingerprint density at radius 3 is 2.61 bits per heavy atom. The lowest BCUT2D eigenvalue weighted by Crippen LogP contribution is -2.55. The topological polar surface area (TPSA) is 100 Å². The van der Waals surface area contributed by atoms with E-state index in [1.54, 1.807) is 0 Å². The number of nitrogens with one attached hydrogen (secondary N) is 2. The molecular weight excluding hydrogens is 296 g/mol. The normalized spacial score (nSPS) is 21.8. The molecule has 1 aromatic rings. The van der Waals surface area contributed by atoms with E-state index in [9.17, 15) is 9.90 Å². The molecule has 0 aromatic carbocycles. The summed E-state index contributed by atoms with van der Waals surface area (Å²) in [6.07, 6.45) is 4.30. The van der Waals surface area contributed by atoms with Gasteiger partial charge in [-0.2, -0.15) is 4.98 Å². The van der Waals surface area contributed by atoms with Crippen molar-refractivity contribution in [3.8, 4) is 0 Å². The van der Waals surface area contributed by atoms with E-state index in [-0.39, 0.29) is 24.6 Å². The second-order valence-electron chi connectivity index (χ2n) is 7.44. The molecule has 2 aliphatic carbocycles. The van der Waals surface area contributed by atoms with E-state index in [1.807, 2.05) is 20.8 Å². The van der Waals surface area contributed by atoms with Gasteiger partial charge < -0.3 is 20.3 Å². The van der Waals surface area contributed by atoms with Gasteiger partial charge in [0.15, 0.2) is 5.82 Å². The van der Waals surface area contributed by atoms with Gasteiger partial charge in [-0.3, -0.25) is 0 Å². The molecule has 3 N–H and O–H groups in total. The third-order valence-electron chi connectivity index (χ3n) is 4.83. The maximum absolute atomic E-state index is 12.4. The van der Waals surface area contributed by atoms with Crippen molar-refractivity contribution in [3.05, 3.63) is 11.7 Å². The van der Waals surface area contributed by atoms with Crippen LogP contribution in [0.25, 0.3) is 0 Å². The number of aliphatic hydroxyl groups excluding tert-OH is 1. The van der Waals surface area contributed by atoms with Crippen molar-refractivity contribution in [1.29, 1.82) is 0 Å². The van der Waals surface area contributed by atoms with E-state index < -0.39 is 5.54 Å². The molecule has 2 fully saturated rings. The minimum absolute atomic E-state index is 0.0657. The number of aromatic nitrogens is 2. The second kappa shape index (κ2) is 6.11. The summed E-state index contributed by atoms with van der Waals surface area (Å²) in [5, 5.41) is 19.4. The fourth-order valence-corrected chi connectivity index (χ4v) is 2.82. The van der Waals surface area contributed by atoms with Crippen molar-refractivity contribution >= 4 is 6.03 Å². The van der Waals surface area contributed by atoms with Gasteiger partial charge in [0.25, 0.3) is 0 Å². The highest BCUT2D eigenvalue weighted by molar-refractivity contribution is 5.75. The van der Waals surface area contributed by atoms with Crippen LogP contribution in [0.3, 0.4) is 0 Å². The molecule has 23 heavy (non-hydrogen) atoms. The molecule has 2 atom stereocenters. The van der Waals surface area contributed by atoms with Crippen molar-refractivity contribution in [2.75, 3.05) is 6.61 Å². The summed E-state index contributed by atoms with van der Waals surface area (Å²) in [4.78, 5) is 16.8. The van der Waals surface area contributed by atoms with Gasteiger partial charge in [0, 0.05) is 5.92 Å². The van der Waals surface area contributed by atoms with Gasteiger partial charge in [-0.05, 0) is 44.4 Å². The Labute approximate surface area is 136 Å². The summed E-state index contributed by atoms with van der Waals surface area (Å²) >= 11 is 0. The summed E-state index contributed by atoms with van der Waals surface area (Å²) in [5.74, 6) is 2.08. The number of hydrogen-bond acceptors (Lipinski definition) is 5. The molecule has 0 aliphatic heterocycles. The molecule has 128 valence electrons. The SMILES string of the molecule is CC(C)C(NC(=O)NC(C)(CO)C1CC1)c1nc(C2CC2)no1. The monoisotopic (exact) mass is 322 g/mol. The quantitative estimate of drug-likeness (QED) is 0.714. The van der Waals surface area contributed by atoms with Crippen molar-refractivity contribution < 1.29 is 14.4 Å². The highest BCUT2D eigenvalue weighted by Crippen LogP contribution is 2.40. The zero-order valence-electron chi connectivity index (χ0n) is 14.0. The van der Waals surface area contributed by atoms with Gasteiger partial charge in [-0.1, -0.05) is 19.0 Å².